The largest absolute Gasteiger partial charge is 0.416 e. The molecule has 0 aliphatic heterocycles. The van der Waals surface area contributed by atoms with Crippen LogP contribution in [0.3, 0.4) is 0 Å². The Labute approximate surface area is 70.5 Å². The lowest BCUT2D eigenvalue weighted by atomic mass is 10.2. The Morgan fingerprint density at radius 3 is 1.38 bits per heavy atom. The van der Waals surface area contributed by atoms with Crippen molar-refractivity contribution in [3.05, 3.63) is 35.9 Å². The van der Waals surface area contributed by atoms with Crippen LogP contribution in [0.4, 0.5) is 27.3 Å². The lowest BCUT2D eigenvalue weighted by Gasteiger charge is -2.03. The first-order valence-electron chi connectivity index (χ1n) is 2.73. The summed E-state index contributed by atoms with van der Waals surface area (Å²) < 4.78 is 35.4. The molecular formula is C7H8F6. The molecule has 0 spiro atoms. The minimum absolute atomic E-state index is 0. The van der Waals surface area contributed by atoms with Gasteiger partial charge in [0.25, 0.3) is 0 Å². The third-order valence-corrected chi connectivity index (χ3v) is 1.10. The van der Waals surface area contributed by atoms with E-state index in [0.29, 0.717) is 0 Å². The molecule has 0 aliphatic rings. The van der Waals surface area contributed by atoms with Crippen molar-refractivity contribution in [1.82, 2.24) is 0 Å². The quantitative estimate of drug-likeness (QED) is 0.572. The third kappa shape index (κ3) is 5.10. The molecule has 78 valence electrons. The van der Waals surface area contributed by atoms with Crippen LogP contribution >= 0.6 is 0 Å². The molecular weight excluding hydrogens is 198 g/mol. The second-order valence-corrected chi connectivity index (χ2v) is 1.86. The van der Waals surface area contributed by atoms with Crippen LogP contribution in [-0.4, -0.2) is 0 Å². The van der Waals surface area contributed by atoms with E-state index in [-0.39, 0.29) is 14.1 Å². The molecule has 0 N–H and O–H groups in total. The van der Waals surface area contributed by atoms with Gasteiger partial charge < -0.3 is 0 Å². The molecule has 0 amide bonds. The second-order valence-electron chi connectivity index (χ2n) is 1.86. The van der Waals surface area contributed by atoms with Gasteiger partial charge in [-0.25, -0.2) is 0 Å². The Morgan fingerprint density at radius 1 is 0.769 bits per heavy atom. The van der Waals surface area contributed by atoms with Crippen molar-refractivity contribution >= 4 is 0 Å². The molecule has 0 fully saturated rings. The van der Waals surface area contributed by atoms with Crippen LogP contribution in [0, 0.1) is 0 Å². The molecule has 0 heterocycles. The van der Waals surface area contributed by atoms with Crippen LogP contribution in [0.2, 0.25) is 0 Å². The second kappa shape index (κ2) is 6.33. The predicted octanol–water partition coefficient (Wildman–Crippen LogP) is 3.16. The first-order valence-corrected chi connectivity index (χ1v) is 2.73. The van der Waals surface area contributed by atoms with Gasteiger partial charge in [0, 0.05) is 0 Å². The first-order chi connectivity index (χ1) is 4.61. The van der Waals surface area contributed by atoms with Gasteiger partial charge >= 0.3 is 6.18 Å². The Balaban J connectivity index is -0.000000333. The van der Waals surface area contributed by atoms with Gasteiger partial charge in [-0.3, -0.25) is 14.1 Å². The van der Waals surface area contributed by atoms with Gasteiger partial charge in [-0.1, -0.05) is 30.3 Å². The zero-order chi connectivity index (χ0) is 7.61. The van der Waals surface area contributed by atoms with Gasteiger partial charge in [-0.15, -0.1) is 0 Å². The summed E-state index contributed by atoms with van der Waals surface area (Å²) >= 11 is 0. The topological polar surface area (TPSA) is 0 Å². The number of hydrogen-bond donors (Lipinski definition) is 0. The van der Waals surface area contributed by atoms with Gasteiger partial charge in [0.15, 0.2) is 0 Å². The summed E-state index contributed by atoms with van der Waals surface area (Å²) in [6.45, 7) is 0. The van der Waals surface area contributed by atoms with E-state index in [1.807, 2.05) is 0 Å². The van der Waals surface area contributed by atoms with E-state index >= 15 is 0 Å². The standard InChI is InChI=1S/C7H5F3.3FH/c8-7(9,10)6-4-2-1-3-5-6;;;/h1-5H;3*1H. The van der Waals surface area contributed by atoms with Gasteiger partial charge in [-0.2, -0.15) is 13.2 Å². The van der Waals surface area contributed by atoms with Gasteiger partial charge in [0.05, 0.1) is 5.56 Å². The average molecular weight is 206 g/mol. The Morgan fingerprint density at radius 2 is 1.15 bits per heavy atom. The van der Waals surface area contributed by atoms with Crippen molar-refractivity contribution in [2.45, 2.75) is 6.18 Å². The highest BCUT2D eigenvalue weighted by Crippen LogP contribution is 2.28. The number of rotatable bonds is 0. The molecule has 0 atom stereocenters. The number of benzene rings is 1. The number of alkyl halides is 3. The van der Waals surface area contributed by atoms with Gasteiger partial charge in [0.1, 0.15) is 0 Å². The highest BCUT2D eigenvalue weighted by atomic mass is 19.4. The van der Waals surface area contributed by atoms with Crippen molar-refractivity contribution in [3.63, 3.8) is 0 Å². The maximum atomic E-state index is 11.8. The van der Waals surface area contributed by atoms with E-state index in [1.165, 1.54) is 12.1 Å². The van der Waals surface area contributed by atoms with Gasteiger partial charge in [0.2, 0.25) is 0 Å². The Hall–Kier alpha value is -1.20. The average Bonchev–Trinajstić information content (AvgIpc) is 1.88. The summed E-state index contributed by atoms with van der Waals surface area (Å²) in [5.74, 6) is 0. The maximum absolute atomic E-state index is 11.8. The monoisotopic (exact) mass is 206 g/mol. The fraction of sp³-hybridized carbons (Fsp3) is 0.143. The molecule has 0 bridgehead atoms. The molecule has 0 aromatic heterocycles. The summed E-state index contributed by atoms with van der Waals surface area (Å²) in [4.78, 5) is 0. The molecule has 1 aromatic carbocycles. The maximum Gasteiger partial charge on any atom is 0.416 e. The summed E-state index contributed by atoms with van der Waals surface area (Å²) in [6, 6.07) is 6.36. The fourth-order valence-corrected chi connectivity index (χ4v) is 0.627. The highest BCUT2D eigenvalue weighted by Gasteiger charge is 2.29. The summed E-state index contributed by atoms with van der Waals surface area (Å²) in [5, 5.41) is 0. The van der Waals surface area contributed by atoms with Crippen molar-refractivity contribution in [2.75, 3.05) is 0 Å². The molecule has 6 heteroatoms. The zero-order valence-electron chi connectivity index (χ0n) is 6.25. The molecule has 0 aliphatic carbocycles. The van der Waals surface area contributed by atoms with Crippen molar-refractivity contribution < 1.29 is 27.3 Å². The van der Waals surface area contributed by atoms with Gasteiger partial charge in [-0.05, 0) is 0 Å². The normalized spacial score (nSPS) is 8.85. The lowest BCUT2D eigenvalue weighted by molar-refractivity contribution is -0.137. The SMILES string of the molecule is F.F.F.FC(F)(F)c1ccccc1. The van der Waals surface area contributed by atoms with Crippen LogP contribution in [0.25, 0.3) is 0 Å². The molecule has 0 saturated heterocycles. The van der Waals surface area contributed by atoms with Crippen LogP contribution < -0.4 is 0 Å². The van der Waals surface area contributed by atoms with E-state index in [4.69, 9.17) is 0 Å². The van der Waals surface area contributed by atoms with E-state index < -0.39 is 11.7 Å². The van der Waals surface area contributed by atoms with Crippen LogP contribution in [-0.2, 0) is 6.18 Å². The van der Waals surface area contributed by atoms with Crippen LogP contribution in [0.5, 0.6) is 0 Å². The molecule has 0 nitrogen and oxygen atoms in total. The predicted molar refractivity (Wildman–Crippen MR) is 39.0 cm³/mol. The molecule has 0 unspecified atom stereocenters. The van der Waals surface area contributed by atoms with Crippen LogP contribution in [0.15, 0.2) is 30.3 Å². The molecule has 1 rings (SSSR count). The van der Waals surface area contributed by atoms with E-state index in [0.717, 1.165) is 12.1 Å². The lowest BCUT2D eigenvalue weighted by Crippen LogP contribution is -2.03. The van der Waals surface area contributed by atoms with Crippen LogP contribution in [0.1, 0.15) is 5.56 Å². The molecule has 0 saturated carbocycles. The Bertz CT molecular complexity index is 204. The van der Waals surface area contributed by atoms with Crippen molar-refractivity contribution in [1.29, 1.82) is 0 Å². The Kier molecular flexibility index (Phi) is 8.66. The highest BCUT2D eigenvalue weighted by molar-refractivity contribution is 5.17. The smallest absolute Gasteiger partial charge is 0.269 e. The first kappa shape index (κ1) is 17.8. The van der Waals surface area contributed by atoms with Crippen molar-refractivity contribution in [2.24, 2.45) is 0 Å². The fourth-order valence-electron chi connectivity index (χ4n) is 0.627. The molecule has 13 heavy (non-hydrogen) atoms. The summed E-state index contributed by atoms with van der Waals surface area (Å²) in [5.41, 5.74) is -0.602. The van der Waals surface area contributed by atoms with E-state index in [9.17, 15) is 13.2 Å². The zero-order valence-corrected chi connectivity index (χ0v) is 6.25. The summed E-state index contributed by atoms with van der Waals surface area (Å²) in [6.07, 6.45) is -4.21. The molecule has 0 radical (unpaired) electrons. The molecule has 1 aromatic rings. The minimum Gasteiger partial charge on any atom is -0.269 e. The van der Waals surface area contributed by atoms with Crippen molar-refractivity contribution in [3.8, 4) is 0 Å². The number of hydrogen-bond acceptors (Lipinski definition) is 0. The third-order valence-electron chi connectivity index (χ3n) is 1.10. The van der Waals surface area contributed by atoms with E-state index in [2.05, 4.69) is 0 Å². The summed E-state index contributed by atoms with van der Waals surface area (Å²) in [7, 11) is 0. The minimum atomic E-state index is -4.21. The van der Waals surface area contributed by atoms with E-state index in [1.54, 1.807) is 6.07 Å². The number of halogens is 6.